The van der Waals surface area contributed by atoms with Crippen molar-refractivity contribution < 1.29 is 15.0 Å². The average Bonchev–Trinajstić information content (AvgIpc) is 3.36. The summed E-state index contributed by atoms with van der Waals surface area (Å²) in [5, 5.41) is 21.9. The fourth-order valence-corrected chi connectivity index (χ4v) is 5.74. The molecule has 1 aromatic rings. The molecule has 1 unspecified atom stereocenters. The maximum absolute atomic E-state index is 12.3. The quantitative estimate of drug-likeness (QED) is 0.874. The maximum atomic E-state index is 12.3. The average molecular weight is 327 g/mol. The first-order valence-corrected chi connectivity index (χ1v) is 9.32. The molecular weight excluding hydrogens is 302 g/mol. The molecule has 3 atom stereocenters. The molecule has 0 amide bonds. The monoisotopic (exact) mass is 327 g/mol. The lowest BCUT2D eigenvalue weighted by molar-refractivity contribution is -0.173. The fraction of sp³-hybridized carbons (Fsp3) is 0.650. The van der Waals surface area contributed by atoms with Gasteiger partial charge in [-0.15, -0.1) is 0 Å². The third-order valence-corrected chi connectivity index (χ3v) is 7.14. The zero-order valence-corrected chi connectivity index (χ0v) is 14.0. The van der Waals surface area contributed by atoms with Gasteiger partial charge in [0.25, 0.3) is 0 Å². The Morgan fingerprint density at radius 1 is 1.25 bits per heavy atom. The van der Waals surface area contributed by atoms with E-state index in [1.54, 1.807) is 6.07 Å². The molecule has 0 spiro atoms. The SMILES string of the molecule is O=C1CCC2(O)[C@H]3Cc4ccc(O)cc4[C@@]2(CCN3CC2CC2)C1. The Hall–Kier alpha value is -1.39. The van der Waals surface area contributed by atoms with E-state index in [1.165, 1.54) is 18.4 Å². The molecule has 5 rings (SSSR count). The number of phenolic OH excluding ortho intramolecular Hbond substituents is 1. The van der Waals surface area contributed by atoms with Crippen molar-refractivity contribution in [2.45, 2.75) is 62.0 Å². The molecule has 128 valence electrons. The number of piperidine rings is 1. The Bertz CT molecular complexity index is 713. The molecule has 1 aromatic carbocycles. The van der Waals surface area contributed by atoms with Crippen LogP contribution >= 0.6 is 0 Å². The summed E-state index contributed by atoms with van der Waals surface area (Å²) in [6, 6.07) is 5.66. The van der Waals surface area contributed by atoms with Gasteiger partial charge >= 0.3 is 0 Å². The lowest BCUT2D eigenvalue weighted by Crippen LogP contribution is -2.73. The number of fused-ring (bicyclic) bond motifs is 1. The summed E-state index contributed by atoms with van der Waals surface area (Å²) in [4.78, 5) is 14.8. The van der Waals surface area contributed by atoms with Crippen LogP contribution in [0.15, 0.2) is 18.2 Å². The van der Waals surface area contributed by atoms with Crippen LogP contribution in [-0.2, 0) is 16.6 Å². The van der Waals surface area contributed by atoms with Crippen molar-refractivity contribution in [2.75, 3.05) is 13.1 Å². The predicted octanol–water partition coefficient (Wildman–Crippen LogP) is 2.15. The van der Waals surface area contributed by atoms with Gasteiger partial charge in [-0.25, -0.2) is 0 Å². The van der Waals surface area contributed by atoms with Crippen LogP contribution in [-0.4, -0.2) is 45.6 Å². The van der Waals surface area contributed by atoms with E-state index in [0.717, 1.165) is 37.4 Å². The van der Waals surface area contributed by atoms with E-state index in [-0.39, 0.29) is 17.6 Å². The van der Waals surface area contributed by atoms with Crippen LogP contribution in [0.25, 0.3) is 0 Å². The summed E-state index contributed by atoms with van der Waals surface area (Å²) in [6.45, 7) is 2.04. The fourth-order valence-electron chi connectivity index (χ4n) is 5.74. The molecule has 4 nitrogen and oxygen atoms in total. The van der Waals surface area contributed by atoms with E-state index in [4.69, 9.17) is 0 Å². The van der Waals surface area contributed by atoms with Crippen LogP contribution in [0, 0.1) is 5.92 Å². The second-order valence-corrected chi connectivity index (χ2v) is 8.47. The minimum Gasteiger partial charge on any atom is -0.508 e. The number of rotatable bonds is 2. The minimum atomic E-state index is -0.838. The molecule has 4 aliphatic rings. The molecule has 24 heavy (non-hydrogen) atoms. The summed E-state index contributed by atoms with van der Waals surface area (Å²) in [5.41, 5.74) is 0.895. The Morgan fingerprint density at radius 2 is 2.08 bits per heavy atom. The Morgan fingerprint density at radius 3 is 2.88 bits per heavy atom. The standard InChI is InChI=1S/C20H25NO3/c22-15-4-3-14-9-18-20(24)6-5-16(23)11-19(20,17(14)10-15)7-8-21(18)12-13-1-2-13/h3-4,10,13,18,22,24H,1-2,5-9,11-12H2/t18-,19-,20?/m1/s1. The van der Waals surface area contributed by atoms with E-state index in [9.17, 15) is 15.0 Å². The van der Waals surface area contributed by atoms with Crippen LogP contribution in [0.2, 0.25) is 0 Å². The van der Waals surface area contributed by atoms with Gasteiger partial charge < -0.3 is 10.2 Å². The van der Waals surface area contributed by atoms with Crippen molar-refractivity contribution in [1.29, 1.82) is 0 Å². The van der Waals surface area contributed by atoms with Crippen molar-refractivity contribution in [3.05, 3.63) is 29.3 Å². The normalized spacial score (nSPS) is 38.5. The zero-order chi connectivity index (χ0) is 16.5. The van der Waals surface area contributed by atoms with Crippen molar-refractivity contribution in [3.63, 3.8) is 0 Å². The second-order valence-electron chi connectivity index (χ2n) is 8.47. The van der Waals surface area contributed by atoms with Gasteiger partial charge in [-0.05, 0) is 67.8 Å². The van der Waals surface area contributed by atoms with E-state index in [2.05, 4.69) is 4.90 Å². The number of carbonyl (C=O) groups excluding carboxylic acids is 1. The van der Waals surface area contributed by atoms with Gasteiger partial charge in [-0.3, -0.25) is 9.69 Å². The van der Waals surface area contributed by atoms with Crippen LogP contribution in [0.5, 0.6) is 5.75 Å². The van der Waals surface area contributed by atoms with E-state index in [1.807, 2.05) is 12.1 Å². The third-order valence-electron chi connectivity index (χ3n) is 7.14. The van der Waals surface area contributed by atoms with Gasteiger partial charge in [0.15, 0.2) is 0 Å². The number of nitrogens with zero attached hydrogens (tertiary/aromatic N) is 1. The van der Waals surface area contributed by atoms with Crippen LogP contribution in [0.1, 0.15) is 49.7 Å². The number of Topliss-reactive ketones (excluding diaryl/α,β-unsaturated/α-hetero) is 1. The summed E-state index contributed by atoms with van der Waals surface area (Å²) >= 11 is 0. The first-order valence-electron chi connectivity index (χ1n) is 9.32. The maximum Gasteiger partial charge on any atom is 0.134 e. The second kappa shape index (κ2) is 4.83. The first kappa shape index (κ1) is 14.9. The molecule has 1 heterocycles. The van der Waals surface area contributed by atoms with E-state index >= 15 is 0 Å². The topological polar surface area (TPSA) is 60.8 Å². The Balaban J connectivity index is 1.65. The molecule has 4 heteroatoms. The van der Waals surface area contributed by atoms with Crippen molar-refractivity contribution in [2.24, 2.45) is 5.92 Å². The van der Waals surface area contributed by atoms with Gasteiger partial charge in [0.2, 0.25) is 0 Å². The summed E-state index contributed by atoms with van der Waals surface area (Å²) in [7, 11) is 0. The Kier molecular flexibility index (Phi) is 3.00. The largest absolute Gasteiger partial charge is 0.508 e. The lowest BCUT2D eigenvalue weighted by Gasteiger charge is -2.63. The predicted molar refractivity (Wildman–Crippen MR) is 90.0 cm³/mol. The van der Waals surface area contributed by atoms with Crippen LogP contribution in [0.4, 0.5) is 0 Å². The highest BCUT2D eigenvalue weighted by molar-refractivity contribution is 5.82. The highest BCUT2D eigenvalue weighted by atomic mass is 16.3. The number of ketones is 1. The number of likely N-dealkylation sites (tertiary alicyclic amines) is 1. The van der Waals surface area contributed by atoms with Gasteiger partial charge in [-0.2, -0.15) is 0 Å². The first-order chi connectivity index (χ1) is 11.5. The van der Waals surface area contributed by atoms with Gasteiger partial charge in [0.05, 0.1) is 5.60 Å². The molecule has 2 bridgehead atoms. The number of carbonyl (C=O) groups is 1. The van der Waals surface area contributed by atoms with Gasteiger partial charge in [0, 0.05) is 30.8 Å². The highest BCUT2D eigenvalue weighted by Gasteiger charge is 2.64. The van der Waals surface area contributed by atoms with Crippen LogP contribution < -0.4 is 0 Å². The molecule has 0 aromatic heterocycles. The Labute approximate surface area is 142 Å². The van der Waals surface area contributed by atoms with Crippen molar-refractivity contribution >= 4 is 5.78 Å². The molecule has 3 aliphatic carbocycles. The number of hydrogen-bond acceptors (Lipinski definition) is 4. The van der Waals surface area contributed by atoms with Crippen molar-refractivity contribution in [1.82, 2.24) is 4.90 Å². The third kappa shape index (κ3) is 1.90. The minimum absolute atomic E-state index is 0.108. The zero-order valence-electron chi connectivity index (χ0n) is 14.0. The molecule has 1 saturated heterocycles. The highest BCUT2D eigenvalue weighted by Crippen LogP contribution is 2.58. The molecule has 2 N–H and O–H groups in total. The number of hydrogen-bond donors (Lipinski definition) is 2. The van der Waals surface area contributed by atoms with Gasteiger partial charge in [0.1, 0.15) is 11.5 Å². The lowest BCUT2D eigenvalue weighted by atomic mass is 9.49. The van der Waals surface area contributed by atoms with Gasteiger partial charge in [-0.1, -0.05) is 6.07 Å². The number of aromatic hydroxyl groups is 1. The van der Waals surface area contributed by atoms with Crippen LogP contribution in [0.3, 0.4) is 0 Å². The van der Waals surface area contributed by atoms with E-state index in [0.29, 0.717) is 19.3 Å². The summed E-state index contributed by atoms with van der Waals surface area (Å²) in [5.74, 6) is 1.29. The summed E-state index contributed by atoms with van der Waals surface area (Å²) in [6.07, 6.45) is 5.75. The summed E-state index contributed by atoms with van der Waals surface area (Å²) < 4.78 is 0. The number of aliphatic hydroxyl groups is 1. The molecule has 2 saturated carbocycles. The van der Waals surface area contributed by atoms with Crippen molar-refractivity contribution in [3.8, 4) is 5.75 Å². The number of benzene rings is 1. The molecule has 3 fully saturated rings. The molecular formula is C20H25NO3. The number of phenols is 1. The smallest absolute Gasteiger partial charge is 0.134 e. The molecule has 1 aliphatic heterocycles. The van der Waals surface area contributed by atoms with E-state index < -0.39 is 11.0 Å². The molecule has 0 radical (unpaired) electrons.